The van der Waals surface area contributed by atoms with Gasteiger partial charge in [0.2, 0.25) is 0 Å². The van der Waals surface area contributed by atoms with Gasteiger partial charge in [0.1, 0.15) is 0 Å². The molecule has 11 heavy (non-hydrogen) atoms. The van der Waals surface area contributed by atoms with Gasteiger partial charge in [-0.2, -0.15) is 0 Å². The van der Waals surface area contributed by atoms with E-state index in [1.165, 1.54) is 6.42 Å². The van der Waals surface area contributed by atoms with Gasteiger partial charge in [-0.25, -0.2) is 0 Å². The Bertz CT molecular complexity index is 227. The van der Waals surface area contributed by atoms with Crippen molar-refractivity contribution in [3.8, 4) is 0 Å². The third-order valence-electron chi connectivity index (χ3n) is 4.23. The molecule has 0 saturated heterocycles. The number of rotatable bonds is 0. The molecule has 62 valence electrons. The van der Waals surface area contributed by atoms with Gasteiger partial charge in [0.05, 0.1) is 5.76 Å². The van der Waals surface area contributed by atoms with E-state index >= 15 is 0 Å². The van der Waals surface area contributed by atoms with E-state index in [9.17, 15) is 5.11 Å². The highest BCUT2D eigenvalue weighted by Gasteiger charge is 2.57. The van der Waals surface area contributed by atoms with Crippen LogP contribution in [0, 0.1) is 16.7 Å². The SMILES string of the molecule is CC1(C)[C@H]2C=C(O)[C@]1(C)CC2. The zero-order valence-corrected chi connectivity index (χ0v) is 7.52. The number of aliphatic hydroxyl groups is 1. The van der Waals surface area contributed by atoms with Gasteiger partial charge in [0, 0.05) is 5.41 Å². The van der Waals surface area contributed by atoms with Crippen LogP contribution in [-0.2, 0) is 0 Å². The summed E-state index contributed by atoms with van der Waals surface area (Å²) in [6, 6.07) is 0. The predicted octanol–water partition coefficient (Wildman–Crippen LogP) is 2.88. The van der Waals surface area contributed by atoms with Crippen LogP contribution in [0.5, 0.6) is 0 Å². The van der Waals surface area contributed by atoms with Gasteiger partial charge in [-0.3, -0.25) is 0 Å². The molecule has 0 spiro atoms. The van der Waals surface area contributed by atoms with Crippen molar-refractivity contribution < 1.29 is 5.11 Å². The van der Waals surface area contributed by atoms with Crippen LogP contribution in [0.4, 0.5) is 0 Å². The molecule has 0 aliphatic heterocycles. The fourth-order valence-corrected chi connectivity index (χ4v) is 2.66. The summed E-state index contributed by atoms with van der Waals surface area (Å²) in [7, 11) is 0. The van der Waals surface area contributed by atoms with Gasteiger partial charge < -0.3 is 5.11 Å². The minimum absolute atomic E-state index is 0.0810. The molecular formula is C10H16O. The standard InChI is InChI=1S/C10H16O/c1-9(2)7-4-5-10(9,3)8(11)6-7/h6-7,11H,4-5H2,1-3H3/t7-,10+/m1/s1. The van der Waals surface area contributed by atoms with Crippen LogP contribution in [0.1, 0.15) is 33.6 Å². The van der Waals surface area contributed by atoms with Crippen molar-refractivity contribution in [2.24, 2.45) is 16.7 Å². The Morgan fingerprint density at radius 3 is 2.27 bits per heavy atom. The van der Waals surface area contributed by atoms with E-state index in [1.54, 1.807) is 0 Å². The first-order valence-electron chi connectivity index (χ1n) is 4.40. The van der Waals surface area contributed by atoms with Crippen LogP contribution in [0.25, 0.3) is 0 Å². The fourth-order valence-electron chi connectivity index (χ4n) is 2.66. The Morgan fingerprint density at radius 2 is 2.09 bits per heavy atom. The quantitative estimate of drug-likeness (QED) is 0.566. The lowest BCUT2D eigenvalue weighted by atomic mass is 9.70. The van der Waals surface area contributed by atoms with Gasteiger partial charge in [-0.05, 0) is 30.3 Å². The molecule has 0 aromatic heterocycles. The van der Waals surface area contributed by atoms with Crippen molar-refractivity contribution in [3.63, 3.8) is 0 Å². The highest BCUT2D eigenvalue weighted by Crippen LogP contribution is 2.64. The highest BCUT2D eigenvalue weighted by molar-refractivity contribution is 5.26. The largest absolute Gasteiger partial charge is 0.512 e. The van der Waals surface area contributed by atoms with Crippen LogP contribution in [0.2, 0.25) is 0 Å². The van der Waals surface area contributed by atoms with Gasteiger partial charge in [-0.15, -0.1) is 0 Å². The second kappa shape index (κ2) is 1.65. The van der Waals surface area contributed by atoms with Crippen molar-refractivity contribution >= 4 is 0 Å². The lowest BCUT2D eigenvalue weighted by Crippen LogP contribution is -2.29. The minimum Gasteiger partial charge on any atom is -0.512 e. The van der Waals surface area contributed by atoms with Gasteiger partial charge in [0.15, 0.2) is 0 Å². The minimum atomic E-state index is 0.0810. The summed E-state index contributed by atoms with van der Waals surface area (Å²) in [5, 5.41) is 9.68. The van der Waals surface area contributed by atoms with Crippen molar-refractivity contribution in [2.75, 3.05) is 0 Å². The van der Waals surface area contributed by atoms with Crippen molar-refractivity contribution in [2.45, 2.75) is 33.6 Å². The molecule has 2 bridgehead atoms. The van der Waals surface area contributed by atoms with Crippen LogP contribution < -0.4 is 0 Å². The van der Waals surface area contributed by atoms with Gasteiger partial charge >= 0.3 is 0 Å². The van der Waals surface area contributed by atoms with Crippen molar-refractivity contribution in [1.29, 1.82) is 0 Å². The van der Waals surface area contributed by atoms with E-state index < -0.39 is 0 Å². The van der Waals surface area contributed by atoms with Gasteiger partial charge in [0.25, 0.3) is 0 Å². The maximum absolute atomic E-state index is 9.68. The second-order valence-corrected chi connectivity index (χ2v) is 4.75. The monoisotopic (exact) mass is 152 g/mol. The first kappa shape index (κ1) is 7.20. The molecule has 1 saturated carbocycles. The Labute approximate surface area is 68.1 Å². The van der Waals surface area contributed by atoms with Crippen LogP contribution >= 0.6 is 0 Å². The summed E-state index contributed by atoms with van der Waals surface area (Å²) in [6.07, 6.45) is 4.48. The molecule has 2 rings (SSSR count). The Kier molecular flexibility index (Phi) is 1.08. The molecule has 2 atom stereocenters. The summed E-state index contributed by atoms with van der Waals surface area (Å²) in [5.74, 6) is 1.26. The van der Waals surface area contributed by atoms with Crippen molar-refractivity contribution in [1.82, 2.24) is 0 Å². The first-order valence-corrected chi connectivity index (χ1v) is 4.40. The number of fused-ring (bicyclic) bond motifs is 2. The molecule has 2 aliphatic carbocycles. The zero-order valence-electron chi connectivity index (χ0n) is 7.52. The molecule has 1 heteroatoms. The molecule has 0 aromatic carbocycles. The summed E-state index contributed by atoms with van der Waals surface area (Å²) >= 11 is 0. The first-order chi connectivity index (χ1) is 4.98. The molecule has 0 radical (unpaired) electrons. The average molecular weight is 152 g/mol. The van der Waals surface area contributed by atoms with E-state index in [-0.39, 0.29) is 10.8 Å². The molecule has 0 amide bonds. The lowest BCUT2D eigenvalue weighted by molar-refractivity contribution is 0.123. The maximum Gasteiger partial charge on any atom is 0.0950 e. The number of aliphatic hydroxyl groups excluding tert-OH is 1. The van der Waals surface area contributed by atoms with Gasteiger partial charge in [-0.1, -0.05) is 20.8 Å². The molecule has 1 fully saturated rings. The molecule has 0 unspecified atom stereocenters. The lowest BCUT2D eigenvalue weighted by Gasteiger charge is -2.34. The Balaban J connectivity index is 2.49. The molecule has 1 N–H and O–H groups in total. The predicted molar refractivity (Wildman–Crippen MR) is 45.3 cm³/mol. The van der Waals surface area contributed by atoms with Crippen molar-refractivity contribution in [3.05, 3.63) is 11.8 Å². The smallest absolute Gasteiger partial charge is 0.0950 e. The van der Waals surface area contributed by atoms with E-state index in [0.29, 0.717) is 11.7 Å². The average Bonchev–Trinajstić information content (AvgIpc) is 2.20. The molecule has 1 nitrogen and oxygen atoms in total. The molecular weight excluding hydrogens is 136 g/mol. The van der Waals surface area contributed by atoms with Crippen LogP contribution in [0.15, 0.2) is 11.8 Å². The third-order valence-corrected chi connectivity index (χ3v) is 4.23. The third kappa shape index (κ3) is 0.582. The highest BCUT2D eigenvalue weighted by atomic mass is 16.3. The molecule has 0 aromatic rings. The van der Waals surface area contributed by atoms with Crippen LogP contribution in [-0.4, -0.2) is 5.11 Å². The fraction of sp³-hybridized carbons (Fsp3) is 0.800. The summed E-state index contributed by atoms with van der Waals surface area (Å²) in [5.41, 5.74) is 0.370. The second-order valence-electron chi connectivity index (χ2n) is 4.75. The Hall–Kier alpha value is -0.460. The van der Waals surface area contributed by atoms with E-state index in [0.717, 1.165) is 6.42 Å². The molecule has 2 aliphatic rings. The topological polar surface area (TPSA) is 20.2 Å². The summed E-state index contributed by atoms with van der Waals surface area (Å²) in [4.78, 5) is 0. The summed E-state index contributed by atoms with van der Waals surface area (Å²) < 4.78 is 0. The maximum atomic E-state index is 9.68. The normalized spacial score (nSPS) is 46.1. The number of allylic oxidation sites excluding steroid dienone is 2. The van der Waals surface area contributed by atoms with E-state index in [1.807, 2.05) is 0 Å². The van der Waals surface area contributed by atoms with Crippen LogP contribution in [0.3, 0.4) is 0 Å². The van der Waals surface area contributed by atoms with E-state index in [2.05, 4.69) is 26.8 Å². The summed E-state index contributed by atoms with van der Waals surface area (Å²) in [6.45, 7) is 6.72. The molecule has 0 heterocycles. The zero-order chi connectivity index (χ0) is 8.28. The van der Waals surface area contributed by atoms with E-state index in [4.69, 9.17) is 0 Å². The number of hydrogen-bond acceptors (Lipinski definition) is 1. The number of hydrogen-bond donors (Lipinski definition) is 1. The Morgan fingerprint density at radius 1 is 1.45 bits per heavy atom.